The maximum atomic E-state index is 11.8. The molecule has 2 aromatic rings. The fourth-order valence-electron chi connectivity index (χ4n) is 3.14. The lowest BCUT2D eigenvalue weighted by molar-refractivity contribution is 0.486. The molecule has 0 spiro atoms. The van der Waals surface area contributed by atoms with E-state index < -0.39 is 0 Å². The maximum Gasteiger partial charge on any atom is 0.266 e. The fourth-order valence-corrected chi connectivity index (χ4v) is 3.14. The lowest BCUT2D eigenvalue weighted by atomic mass is 10.2. The Bertz CT molecular complexity index is 707. The second-order valence-corrected chi connectivity index (χ2v) is 6.12. The molecule has 22 heavy (non-hydrogen) atoms. The Kier molecular flexibility index (Phi) is 3.36. The summed E-state index contributed by atoms with van der Waals surface area (Å²) in [5, 5.41) is 12.9. The lowest BCUT2D eigenvalue weighted by Gasteiger charge is -2.25. The van der Waals surface area contributed by atoms with Crippen LogP contribution in [-0.2, 0) is 6.54 Å². The normalized spacial score (nSPS) is 21.3. The van der Waals surface area contributed by atoms with Gasteiger partial charge in [-0.05, 0) is 43.9 Å². The first kappa shape index (κ1) is 13.4. The van der Waals surface area contributed by atoms with E-state index in [-0.39, 0.29) is 11.6 Å². The van der Waals surface area contributed by atoms with Crippen molar-refractivity contribution in [2.75, 3.05) is 11.4 Å². The summed E-state index contributed by atoms with van der Waals surface area (Å²) >= 11 is 0. The molecule has 1 aliphatic carbocycles. The van der Waals surface area contributed by atoms with Gasteiger partial charge in [0.15, 0.2) is 5.82 Å². The lowest BCUT2D eigenvalue weighted by Crippen LogP contribution is -2.37. The van der Waals surface area contributed by atoms with Crippen molar-refractivity contribution in [3.63, 3.8) is 0 Å². The second kappa shape index (κ2) is 5.51. The monoisotopic (exact) mass is 297 g/mol. The summed E-state index contributed by atoms with van der Waals surface area (Å²) in [5.74, 6) is 1.54. The van der Waals surface area contributed by atoms with Crippen molar-refractivity contribution in [3.8, 4) is 0 Å². The topological polar surface area (TPSA) is 63.9 Å². The zero-order valence-electron chi connectivity index (χ0n) is 12.4. The Morgan fingerprint density at radius 2 is 2.05 bits per heavy atom. The number of anilines is 1. The number of rotatable bonds is 4. The molecule has 2 aliphatic rings. The van der Waals surface area contributed by atoms with Gasteiger partial charge in [-0.3, -0.25) is 4.79 Å². The van der Waals surface area contributed by atoms with E-state index >= 15 is 0 Å². The maximum absolute atomic E-state index is 11.8. The van der Waals surface area contributed by atoms with Crippen LogP contribution in [0.3, 0.4) is 0 Å². The molecule has 6 nitrogen and oxygen atoms in total. The molecule has 2 aromatic heterocycles. The third-order valence-electron chi connectivity index (χ3n) is 4.51. The molecule has 0 bridgehead atoms. The zero-order valence-corrected chi connectivity index (χ0v) is 12.4. The summed E-state index contributed by atoms with van der Waals surface area (Å²) in [6.07, 6.45) is 6.30. The number of hydrogen-bond acceptors (Lipinski definition) is 5. The van der Waals surface area contributed by atoms with Gasteiger partial charge in [0.05, 0.1) is 18.3 Å². The molecule has 6 heteroatoms. The molecular weight excluding hydrogens is 278 g/mol. The van der Waals surface area contributed by atoms with Crippen LogP contribution >= 0.6 is 0 Å². The summed E-state index contributed by atoms with van der Waals surface area (Å²) in [7, 11) is 0. The summed E-state index contributed by atoms with van der Waals surface area (Å²) in [4.78, 5) is 14.1. The molecule has 0 aromatic carbocycles. The SMILES string of the molecule is O=c1cccnn1CC1CCCN1c1ccc(C2CC2)nn1. The van der Waals surface area contributed by atoms with Gasteiger partial charge in [0, 0.05) is 24.7 Å². The second-order valence-electron chi connectivity index (χ2n) is 6.12. The molecule has 0 N–H and O–H groups in total. The Morgan fingerprint density at radius 1 is 1.14 bits per heavy atom. The Labute approximate surface area is 128 Å². The molecule has 1 unspecified atom stereocenters. The summed E-state index contributed by atoms with van der Waals surface area (Å²) in [6.45, 7) is 1.56. The average molecular weight is 297 g/mol. The van der Waals surface area contributed by atoms with Gasteiger partial charge in [-0.1, -0.05) is 0 Å². The fraction of sp³-hybridized carbons (Fsp3) is 0.500. The highest BCUT2D eigenvalue weighted by Gasteiger charge is 2.28. The highest BCUT2D eigenvalue weighted by Crippen LogP contribution is 2.39. The molecule has 1 saturated heterocycles. The largest absolute Gasteiger partial charge is 0.350 e. The van der Waals surface area contributed by atoms with E-state index in [9.17, 15) is 4.79 Å². The molecule has 2 fully saturated rings. The quantitative estimate of drug-likeness (QED) is 0.857. The van der Waals surface area contributed by atoms with Gasteiger partial charge in [-0.2, -0.15) is 10.2 Å². The van der Waals surface area contributed by atoms with Gasteiger partial charge in [0.1, 0.15) is 0 Å². The first-order chi connectivity index (χ1) is 10.8. The summed E-state index contributed by atoms with van der Waals surface area (Å²) < 4.78 is 1.54. The van der Waals surface area contributed by atoms with Crippen molar-refractivity contribution < 1.29 is 0 Å². The molecule has 1 saturated carbocycles. The van der Waals surface area contributed by atoms with E-state index in [2.05, 4.69) is 32.3 Å². The van der Waals surface area contributed by atoms with Crippen molar-refractivity contribution in [2.24, 2.45) is 0 Å². The molecule has 0 radical (unpaired) electrons. The molecule has 1 atom stereocenters. The minimum absolute atomic E-state index is 0.0514. The van der Waals surface area contributed by atoms with E-state index in [0.29, 0.717) is 12.5 Å². The van der Waals surface area contributed by atoms with Crippen molar-refractivity contribution >= 4 is 5.82 Å². The van der Waals surface area contributed by atoms with Gasteiger partial charge in [0.25, 0.3) is 5.56 Å². The molecule has 114 valence electrons. The first-order valence-corrected chi connectivity index (χ1v) is 7.94. The third kappa shape index (κ3) is 2.61. The smallest absolute Gasteiger partial charge is 0.266 e. The summed E-state index contributed by atoms with van der Waals surface area (Å²) in [6, 6.07) is 7.65. The van der Waals surface area contributed by atoms with E-state index in [1.807, 2.05) is 0 Å². The van der Waals surface area contributed by atoms with Crippen molar-refractivity contribution in [2.45, 2.75) is 44.2 Å². The van der Waals surface area contributed by atoms with Crippen LogP contribution in [-0.4, -0.2) is 32.6 Å². The predicted molar refractivity (Wildman–Crippen MR) is 82.9 cm³/mol. The van der Waals surface area contributed by atoms with Crippen LogP contribution in [0.2, 0.25) is 0 Å². The standard InChI is InChI=1S/C16H19N5O/c22-16-4-1-9-17-21(16)11-13-3-2-10-20(13)15-8-7-14(18-19-15)12-5-6-12/h1,4,7-9,12-13H,2-3,5-6,10-11H2. The highest BCUT2D eigenvalue weighted by atomic mass is 16.1. The third-order valence-corrected chi connectivity index (χ3v) is 4.51. The van der Waals surface area contributed by atoms with Gasteiger partial charge in [-0.15, -0.1) is 5.10 Å². The predicted octanol–water partition coefficient (Wildman–Crippen LogP) is 1.58. The number of hydrogen-bond donors (Lipinski definition) is 0. The molecule has 4 rings (SSSR count). The van der Waals surface area contributed by atoms with Crippen molar-refractivity contribution in [1.82, 2.24) is 20.0 Å². The van der Waals surface area contributed by atoms with Crippen LogP contribution in [0.4, 0.5) is 5.82 Å². The van der Waals surface area contributed by atoms with Crippen LogP contribution in [0, 0.1) is 0 Å². The molecule has 1 aliphatic heterocycles. The summed E-state index contributed by atoms with van der Waals surface area (Å²) in [5.41, 5.74) is 1.06. The Hall–Kier alpha value is -2.24. The number of nitrogens with zero attached hydrogens (tertiary/aromatic N) is 5. The van der Waals surface area contributed by atoms with Crippen LogP contribution < -0.4 is 10.5 Å². The van der Waals surface area contributed by atoms with Crippen molar-refractivity contribution in [1.29, 1.82) is 0 Å². The molecule has 0 amide bonds. The Balaban J connectivity index is 1.53. The zero-order chi connectivity index (χ0) is 14.9. The van der Waals surface area contributed by atoms with E-state index in [4.69, 9.17) is 0 Å². The highest BCUT2D eigenvalue weighted by molar-refractivity contribution is 5.40. The van der Waals surface area contributed by atoms with Crippen LogP contribution in [0.1, 0.15) is 37.3 Å². The number of aromatic nitrogens is 4. The first-order valence-electron chi connectivity index (χ1n) is 7.94. The minimum Gasteiger partial charge on any atom is -0.350 e. The average Bonchev–Trinajstić information content (AvgIpc) is 3.30. The molecule has 3 heterocycles. The van der Waals surface area contributed by atoms with Crippen LogP contribution in [0.15, 0.2) is 35.3 Å². The van der Waals surface area contributed by atoms with Crippen molar-refractivity contribution in [3.05, 3.63) is 46.5 Å². The van der Waals surface area contributed by atoms with Crippen LogP contribution in [0.25, 0.3) is 0 Å². The van der Waals surface area contributed by atoms with Gasteiger partial charge < -0.3 is 4.90 Å². The van der Waals surface area contributed by atoms with Crippen LogP contribution in [0.5, 0.6) is 0 Å². The minimum atomic E-state index is -0.0514. The van der Waals surface area contributed by atoms with E-state index in [1.54, 1.807) is 18.3 Å². The Morgan fingerprint density at radius 3 is 2.77 bits per heavy atom. The van der Waals surface area contributed by atoms with Gasteiger partial charge >= 0.3 is 0 Å². The van der Waals surface area contributed by atoms with Gasteiger partial charge in [0.2, 0.25) is 0 Å². The molecular formula is C16H19N5O. The van der Waals surface area contributed by atoms with E-state index in [0.717, 1.165) is 30.9 Å². The van der Waals surface area contributed by atoms with Gasteiger partial charge in [-0.25, -0.2) is 4.68 Å². The van der Waals surface area contributed by atoms with E-state index in [1.165, 1.54) is 17.5 Å².